The zero-order valence-corrected chi connectivity index (χ0v) is 18.7. The van der Waals surface area contributed by atoms with Gasteiger partial charge in [0.25, 0.3) is 0 Å². The number of carboxylic acid groups (broad SMARTS) is 1. The topological polar surface area (TPSA) is 118 Å². The van der Waals surface area contributed by atoms with E-state index in [1.807, 2.05) is 36.4 Å². The molecule has 0 aliphatic heterocycles. The average molecular weight is 466 g/mol. The summed E-state index contributed by atoms with van der Waals surface area (Å²) in [6, 6.07) is 15.3. The molecule has 3 aromatic rings. The molecule has 0 bridgehead atoms. The van der Waals surface area contributed by atoms with Gasteiger partial charge in [-0.15, -0.1) is 11.3 Å². The van der Waals surface area contributed by atoms with Crippen LogP contribution in [0.1, 0.15) is 45.9 Å². The second-order valence-electron chi connectivity index (χ2n) is 7.58. The molecule has 2 amide bonds. The molecule has 1 aliphatic rings. The summed E-state index contributed by atoms with van der Waals surface area (Å²) in [6.07, 6.45) is -0.296. The Labute approximate surface area is 194 Å². The van der Waals surface area contributed by atoms with Crippen molar-refractivity contribution in [3.63, 3.8) is 0 Å². The number of nitrogens with one attached hydrogen (secondary N) is 2. The van der Waals surface area contributed by atoms with Crippen LogP contribution in [-0.2, 0) is 16.1 Å². The molecule has 0 saturated carbocycles. The fraction of sp³-hybridized carbons (Fsp3) is 0.250. The largest absolute Gasteiger partial charge is 0.476 e. The first-order valence-electron chi connectivity index (χ1n) is 10.5. The Hall–Kier alpha value is -3.72. The Morgan fingerprint density at radius 1 is 1.09 bits per heavy atom. The molecule has 0 fully saturated rings. The SMILES string of the molecule is CCC(NC(=O)OCC1c2ccccc2-c2ccccc21)C(=O)NCc1nc(C(=O)O)cs1. The van der Waals surface area contributed by atoms with E-state index in [1.165, 1.54) is 5.38 Å². The Bertz CT molecular complexity index is 1150. The summed E-state index contributed by atoms with van der Waals surface area (Å²) in [4.78, 5) is 39.8. The van der Waals surface area contributed by atoms with E-state index in [0.29, 0.717) is 11.4 Å². The number of ether oxygens (including phenoxy) is 1. The standard InChI is InChI=1S/C24H23N3O5S/c1-2-19(22(28)25-11-21-26-20(13-33-21)23(29)30)27-24(31)32-12-18-16-9-5-3-7-14(16)15-8-4-6-10-17(15)18/h3-10,13,18-19H,2,11-12H2,1H3,(H,25,28)(H,27,31)(H,29,30). The second-order valence-corrected chi connectivity index (χ2v) is 8.52. The number of rotatable bonds is 8. The Morgan fingerprint density at radius 3 is 2.30 bits per heavy atom. The van der Waals surface area contributed by atoms with Gasteiger partial charge < -0.3 is 20.5 Å². The van der Waals surface area contributed by atoms with Crippen LogP contribution in [0, 0.1) is 0 Å². The molecule has 2 aromatic carbocycles. The minimum Gasteiger partial charge on any atom is -0.476 e. The van der Waals surface area contributed by atoms with E-state index in [1.54, 1.807) is 6.92 Å². The van der Waals surface area contributed by atoms with Crippen molar-refractivity contribution in [3.05, 3.63) is 75.7 Å². The van der Waals surface area contributed by atoms with Crippen LogP contribution in [0.2, 0.25) is 0 Å². The number of fused-ring (bicyclic) bond motifs is 3. The van der Waals surface area contributed by atoms with E-state index in [-0.39, 0.29) is 24.8 Å². The van der Waals surface area contributed by atoms with Gasteiger partial charge >= 0.3 is 12.1 Å². The molecule has 0 saturated heterocycles. The molecular formula is C24H23N3O5S. The summed E-state index contributed by atoms with van der Waals surface area (Å²) in [6.45, 7) is 2.02. The van der Waals surface area contributed by atoms with Crippen molar-refractivity contribution < 1.29 is 24.2 Å². The van der Waals surface area contributed by atoms with Crippen LogP contribution >= 0.6 is 11.3 Å². The number of carboxylic acids is 1. The van der Waals surface area contributed by atoms with E-state index < -0.39 is 24.0 Å². The zero-order valence-electron chi connectivity index (χ0n) is 17.9. The molecule has 1 aliphatic carbocycles. The van der Waals surface area contributed by atoms with E-state index in [9.17, 15) is 14.4 Å². The Kier molecular flexibility index (Phi) is 6.69. The third kappa shape index (κ3) is 4.88. The monoisotopic (exact) mass is 465 g/mol. The van der Waals surface area contributed by atoms with Gasteiger partial charge in [-0.2, -0.15) is 0 Å². The number of alkyl carbamates (subject to hydrolysis) is 1. The van der Waals surface area contributed by atoms with Crippen LogP contribution < -0.4 is 10.6 Å². The lowest BCUT2D eigenvalue weighted by atomic mass is 9.98. The van der Waals surface area contributed by atoms with Crippen molar-refractivity contribution in [1.82, 2.24) is 15.6 Å². The quantitative estimate of drug-likeness (QED) is 0.466. The van der Waals surface area contributed by atoms with Gasteiger partial charge in [0, 0.05) is 11.3 Å². The molecular weight excluding hydrogens is 442 g/mol. The summed E-state index contributed by atoms with van der Waals surface area (Å²) >= 11 is 1.15. The van der Waals surface area contributed by atoms with Gasteiger partial charge in [-0.3, -0.25) is 4.79 Å². The van der Waals surface area contributed by atoms with Crippen LogP contribution in [-0.4, -0.2) is 40.7 Å². The third-order valence-electron chi connectivity index (χ3n) is 5.55. The maximum Gasteiger partial charge on any atom is 0.407 e. The number of aromatic nitrogens is 1. The van der Waals surface area contributed by atoms with Crippen molar-refractivity contribution in [2.75, 3.05) is 6.61 Å². The number of hydrogen-bond donors (Lipinski definition) is 3. The highest BCUT2D eigenvalue weighted by Gasteiger charge is 2.29. The van der Waals surface area contributed by atoms with Crippen molar-refractivity contribution in [2.45, 2.75) is 31.8 Å². The lowest BCUT2D eigenvalue weighted by Crippen LogP contribution is -2.46. The van der Waals surface area contributed by atoms with Gasteiger partial charge in [0.1, 0.15) is 17.7 Å². The molecule has 0 radical (unpaired) electrons. The first kappa shape index (κ1) is 22.5. The van der Waals surface area contributed by atoms with Crippen LogP contribution in [0.3, 0.4) is 0 Å². The third-order valence-corrected chi connectivity index (χ3v) is 6.39. The van der Waals surface area contributed by atoms with Gasteiger partial charge in [-0.05, 0) is 28.7 Å². The molecule has 0 spiro atoms. The number of nitrogens with zero attached hydrogens (tertiary/aromatic N) is 1. The van der Waals surface area contributed by atoms with Crippen LogP contribution in [0.4, 0.5) is 4.79 Å². The summed E-state index contributed by atoms with van der Waals surface area (Å²) in [5, 5.41) is 16.1. The molecule has 170 valence electrons. The highest BCUT2D eigenvalue weighted by Crippen LogP contribution is 2.44. The number of thiazole rings is 1. The van der Waals surface area contributed by atoms with Gasteiger partial charge in [-0.25, -0.2) is 14.6 Å². The number of aromatic carboxylic acids is 1. The molecule has 1 heterocycles. The molecule has 8 nitrogen and oxygen atoms in total. The second kappa shape index (κ2) is 9.83. The lowest BCUT2D eigenvalue weighted by Gasteiger charge is -2.18. The Morgan fingerprint density at radius 2 is 1.73 bits per heavy atom. The Balaban J connectivity index is 1.33. The molecule has 1 aromatic heterocycles. The van der Waals surface area contributed by atoms with Crippen molar-refractivity contribution in [1.29, 1.82) is 0 Å². The molecule has 1 unspecified atom stereocenters. The van der Waals surface area contributed by atoms with Crippen LogP contribution in [0.5, 0.6) is 0 Å². The fourth-order valence-electron chi connectivity index (χ4n) is 3.91. The van der Waals surface area contributed by atoms with Crippen molar-refractivity contribution in [3.8, 4) is 11.1 Å². The summed E-state index contributed by atoms with van der Waals surface area (Å²) in [7, 11) is 0. The molecule has 33 heavy (non-hydrogen) atoms. The van der Waals surface area contributed by atoms with Gasteiger partial charge in [0.05, 0.1) is 6.54 Å². The first-order chi connectivity index (χ1) is 16.0. The number of hydrogen-bond acceptors (Lipinski definition) is 6. The van der Waals surface area contributed by atoms with E-state index in [2.05, 4.69) is 27.8 Å². The first-order valence-corrected chi connectivity index (χ1v) is 11.4. The number of benzene rings is 2. The molecule has 1 atom stereocenters. The number of amides is 2. The van der Waals surface area contributed by atoms with Gasteiger partial charge in [0.2, 0.25) is 5.91 Å². The van der Waals surface area contributed by atoms with Crippen LogP contribution in [0.15, 0.2) is 53.9 Å². The minimum absolute atomic E-state index is 0.0620. The normalized spacial score (nSPS) is 13.0. The number of carbonyl (C=O) groups is 3. The van der Waals surface area contributed by atoms with Gasteiger partial charge in [0.15, 0.2) is 5.69 Å². The van der Waals surface area contributed by atoms with Crippen molar-refractivity contribution in [2.24, 2.45) is 0 Å². The fourth-order valence-corrected chi connectivity index (χ4v) is 4.62. The van der Waals surface area contributed by atoms with Gasteiger partial charge in [-0.1, -0.05) is 55.5 Å². The predicted octanol–water partition coefficient (Wildman–Crippen LogP) is 3.77. The summed E-state index contributed by atoms with van der Waals surface area (Å²) < 4.78 is 5.51. The highest BCUT2D eigenvalue weighted by atomic mass is 32.1. The highest BCUT2D eigenvalue weighted by molar-refractivity contribution is 7.09. The molecule has 9 heteroatoms. The number of carbonyl (C=O) groups excluding carboxylic acids is 2. The average Bonchev–Trinajstić information content (AvgIpc) is 3.43. The lowest BCUT2D eigenvalue weighted by molar-refractivity contribution is -0.123. The maximum atomic E-state index is 12.5. The summed E-state index contributed by atoms with van der Waals surface area (Å²) in [5.41, 5.74) is 4.44. The van der Waals surface area contributed by atoms with E-state index >= 15 is 0 Å². The molecule has 4 rings (SSSR count). The van der Waals surface area contributed by atoms with Crippen molar-refractivity contribution >= 4 is 29.3 Å². The maximum absolute atomic E-state index is 12.5. The zero-order chi connectivity index (χ0) is 23.4. The summed E-state index contributed by atoms with van der Waals surface area (Å²) in [5.74, 6) is -1.57. The predicted molar refractivity (Wildman–Crippen MR) is 123 cm³/mol. The minimum atomic E-state index is -1.12. The smallest absolute Gasteiger partial charge is 0.407 e. The van der Waals surface area contributed by atoms with Crippen LogP contribution in [0.25, 0.3) is 11.1 Å². The van der Waals surface area contributed by atoms with E-state index in [0.717, 1.165) is 33.6 Å². The van der Waals surface area contributed by atoms with E-state index in [4.69, 9.17) is 9.84 Å². The molecule has 3 N–H and O–H groups in total.